The van der Waals surface area contributed by atoms with Crippen molar-refractivity contribution >= 4 is 17.7 Å². The fourth-order valence-electron chi connectivity index (χ4n) is 2.97. The van der Waals surface area contributed by atoms with Crippen molar-refractivity contribution < 1.29 is 19.2 Å². The lowest BCUT2D eigenvalue weighted by molar-refractivity contribution is -0.146. The highest BCUT2D eigenvalue weighted by Gasteiger charge is 2.42. The zero-order valence-corrected chi connectivity index (χ0v) is 15.7. The van der Waals surface area contributed by atoms with Crippen molar-refractivity contribution in [1.82, 2.24) is 15.0 Å². The van der Waals surface area contributed by atoms with Crippen LogP contribution in [-0.2, 0) is 11.2 Å². The number of amides is 2. The number of carbonyl (C=O) groups excluding carboxylic acids is 1. The Morgan fingerprint density at radius 2 is 2.04 bits per heavy atom. The van der Waals surface area contributed by atoms with E-state index >= 15 is 0 Å². The molecule has 2 heterocycles. The molecule has 3 rings (SSSR count). The van der Waals surface area contributed by atoms with Gasteiger partial charge in [0.1, 0.15) is 0 Å². The Hall–Kier alpha value is -2.90. The molecule has 1 unspecified atom stereocenters. The quantitative estimate of drug-likeness (QED) is 0.835. The zero-order chi connectivity index (χ0) is 19.6. The maximum Gasteiger partial charge on any atom is 0.321 e. The predicted molar refractivity (Wildman–Crippen MR) is 98.6 cm³/mol. The van der Waals surface area contributed by atoms with Crippen molar-refractivity contribution in [3.63, 3.8) is 0 Å². The number of benzene rings is 1. The Morgan fingerprint density at radius 3 is 2.59 bits per heavy atom. The molecule has 1 atom stereocenters. The topological polar surface area (TPSA) is 109 Å². The minimum absolute atomic E-state index is 0.210. The molecule has 144 valence electrons. The summed E-state index contributed by atoms with van der Waals surface area (Å²) in [6.07, 6.45) is 0.980. The van der Waals surface area contributed by atoms with E-state index in [2.05, 4.69) is 15.5 Å². The summed E-state index contributed by atoms with van der Waals surface area (Å²) in [5.41, 5.74) is 0.771. The summed E-state index contributed by atoms with van der Waals surface area (Å²) in [5.74, 6) is 0.589. The molecule has 1 aliphatic rings. The molecule has 27 heavy (non-hydrogen) atoms. The fraction of sp³-hybridized carbons (Fsp3) is 0.474. The van der Waals surface area contributed by atoms with Gasteiger partial charge in [-0.1, -0.05) is 31.1 Å². The van der Waals surface area contributed by atoms with Gasteiger partial charge in [-0.15, -0.1) is 0 Å². The highest BCUT2D eigenvalue weighted by Crippen LogP contribution is 2.30. The average molecular weight is 372 g/mol. The molecule has 0 bridgehead atoms. The molecular formula is C19H24N4O4. The molecule has 1 aromatic heterocycles. The first-order valence-electron chi connectivity index (χ1n) is 8.97. The van der Waals surface area contributed by atoms with E-state index in [1.165, 1.54) is 4.90 Å². The Balaban J connectivity index is 1.57. The van der Waals surface area contributed by atoms with Gasteiger partial charge in [0, 0.05) is 24.7 Å². The molecule has 2 N–H and O–H groups in total. The third-order valence-electron chi connectivity index (χ3n) is 4.84. The molecule has 8 nitrogen and oxygen atoms in total. The van der Waals surface area contributed by atoms with Crippen molar-refractivity contribution in [2.75, 3.05) is 18.4 Å². The van der Waals surface area contributed by atoms with Crippen LogP contribution in [0.3, 0.4) is 0 Å². The van der Waals surface area contributed by atoms with E-state index in [0.717, 1.165) is 5.56 Å². The van der Waals surface area contributed by atoms with Crippen LogP contribution in [-0.4, -0.2) is 45.2 Å². The van der Waals surface area contributed by atoms with Gasteiger partial charge in [-0.05, 0) is 31.0 Å². The Bertz CT molecular complexity index is 830. The molecule has 0 radical (unpaired) electrons. The van der Waals surface area contributed by atoms with E-state index in [9.17, 15) is 14.7 Å². The van der Waals surface area contributed by atoms with Crippen LogP contribution in [0, 0.1) is 5.41 Å². The number of aliphatic carboxylic acids is 1. The number of likely N-dealkylation sites (tertiary alicyclic amines) is 1. The molecule has 0 saturated carbocycles. The van der Waals surface area contributed by atoms with E-state index < -0.39 is 11.4 Å². The fourth-order valence-corrected chi connectivity index (χ4v) is 2.97. The standard InChI is InChI=1S/C19H24N4O4/c1-12(2)16-21-15(27-22-16)10-13-4-6-14(7-5-13)20-18(26)23-9-8-19(3,11-23)17(24)25/h4-7,12H,8-11H2,1-3H3,(H,20,26)(H,24,25). The number of anilines is 1. The predicted octanol–water partition coefficient (Wildman–Crippen LogP) is 3.11. The van der Waals surface area contributed by atoms with Crippen LogP contribution >= 0.6 is 0 Å². The van der Waals surface area contributed by atoms with Crippen molar-refractivity contribution in [3.05, 3.63) is 41.5 Å². The van der Waals surface area contributed by atoms with E-state index in [1.54, 1.807) is 19.1 Å². The minimum atomic E-state index is -0.875. The molecule has 0 spiro atoms. The molecular weight excluding hydrogens is 348 g/mol. The number of aromatic nitrogens is 2. The summed E-state index contributed by atoms with van der Waals surface area (Å²) in [5, 5.41) is 16.0. The first-order valence-corrected chi connectivity index (χ1v) is 8.97. The lowest BCUT2D eigenvalue weighted by Gasteiger charge is -2.20. The second-order valence-electron chi connectivity index (χ2n) is 7.54. The SMILES string of the molecule is CC(C)c1noc(Cc2ccc(NC(=O)N3CCC(C)(C(=O)O)C3)cc2)n1. The summed E-state index contributed by atoms with van der Waals surface area (Å²) in [6, 6.07) is 7.10. The number of nitrogens with zero attached hydrogens (tertiary/aromatic N) is 3. The lowest BCUT2D eigenvalue weighted by Crippen LogP contribution is -2.37. The van der Waals surface area contributed by atoms with Crippen LogP contribution in [0.15, 0.2) is 28.8 Å². The molecule has 2 amide bonds. The van der Waals surface area contributed by atoms with Crippen molar-refractivity contribution in [2.24, 2.45) is 5.41 Å². The number of hydrogen-bond donors (Lipinski definition) is 2. The highest BCUT2D eigenvalue weighted by molar-refractivity contribution is 5.90. The maximum atomic E-state index is 12.4. The van der Waals surface area contributed by atoms with Crippen LogP contribution < -0.4 is 5.32 Å². The normalized spacial score (nSPS) is 19.5. The smallest absolute Gasteiger partial charge is 0.321 e. The van der Waals surface area contributed by atoms with Gasteiger partial charge in [-0.3, -0.25) is 4.79 Å². The van der Waals surface area contributed by atoms with Gasteiger partial charge in [0.25, 0.3) is 0 Å². The largest absolute Gasteiger partial charge is 0.481 e. The Kier molecular flexibility index (Phi) is 5.16. The van der Waals surface area contributed by atoms with E-state index in [1.807, 2.05) is 26.0 Å². The van der Waals surface area contributed by atoms with Crippen molar-refractivity contribution in [2.45, 2.75) is 39.5 Å². The second-order valence-corrected chi connectivity index (χ2v) is 7.54. The number of nitrogens with one attached hydrogen (secondary N) is 1. The molecule has 0 aliphatic carbocycles. The van der Waals surface area contributed by atoms with Crippen LogP contribution in [0.25, 0.3) is 0 Å². The molecule has 2 aromatic rings. The average Bonchev–Trinajstić information content (AvgIpc) is 3.24. The van der Waals surface area contributed by atoms with Gasteiger partial charge in [0.2, 0.25) is 5.89 Å². The summed E-state index contributed by atoms with van der Waals surface area (Å²) in [4.78, 5) is 29.5. The molecule has 1 aliphatic heterocycles. The zero-order valence-electron chi connectivity index (χ0n) is 15.7. The Labute approximate surface area is 157 Å². The summed E-state index contributed by atoms with van der Waals surface area (Å²) < 4.78 is 5.25. The monoisotopic (exact) mass is 372 g/mol. The number of rotatable bonds is 5. The maximum absolute atomic E-state index is 12.4. The van der Waals surface area contributed by atoms with Gasteiger partial charge in [-0.2, -0.15) is 4.98 Å². The molecule has 1 saturated heterocycles. The van der Waals surface area contributed by atoms with E-state index in [-0.39, 0.29) is 18.5 Å². The summed E-state index contributed by atoms with van der Waals surface area (Å²) in [7, 11) is 0. The van der Waals surface area contributed by atoms with Gasteiger partial charge in [0.05, 0.1) is 11.8 Å². The molecule has 1 fully saturated rings. The second kappa shape index (κ2) is 7.38. The van der Waals surface area contributed by atoms with E-state index in [4.69, 9.17) is 4.52 Å². The van der Waals surface area contributed by atoms with Crippen LogP contribution in [0.4, 0.5) is 10.5 Å². The summed E-state index contributed by atoms with van der Waals surface area (Å²) in [6.45, 7) is 6.32. The van der Waals surface area contributed by atoms with Gasteiger partial charge >= 0.3 is 12.0 Å². The number of carboxylic acids is 1. The van der Waals surface area contributed by atoms with Crippen LogP contribution in [0.2, 0.25) is 0 Å². The van der Waals surface area contributed by atoms with E-state index in [0.29, 0.717) is 36.8 Å². The number of urea groups is 1. The number of carbonyl (C=O) groups is 2. The summed E-state index contributed by atoms with van der Waals surface area (Å²) >= 11 is 0. The highest BCUT2D eigenvalue weighted by atomic mass is 16.5. The van der Waals surface area contributed by atoms with Crippen LogP contribution in [0.1, 0.15) is 50.4 Å². The number of carboxylic acid groups (broad SMARTS) is 1. The van der Waals surface area contributed by atoms with Crippen LogP contribution in [0.5, 0.6) is 0 Å². The van der Waals surface area contributed by atoms with Crippen molar-refractivity contribution in [3.8, 4) is 0 Å². The third-order valence-corrected chi connectivity index (χ3v) is 4.84. The number of hydrogen-bond acceptors (Lipinski definition) is 5. The first-order chi connectivity index (χ1) is 12.8. The molecule has 1 aromatic carbocycles. The molecule has 8 heteroatoms. The minimum Gasteiger partial charge on any atom is -0.481 e. The Morgan fingerprint density at radius 1 is 1.33 bits per heavy atom. The first kappa shape index (κ1) is 18.9. The van der Waals surface area contributed by atoms with Crippen molar-refractivity contribution in [1.29, 1.82) is 0 Å². The van der Waals surface area contributed by atoms with Gasteiger partial charge in [0.15, 0.2) is 5.82 Å². The van der Waals surface area contributed by atoms with Gasteiger partial charge in [-0.25, -0.2) is 4.79 Å². The van der Waals surface area contributed by atoms with Gasteiger partial charge < -0.3 is 19.8 Å². The lowest BCUT2D eigenvalue weighted by atomic mass is 9.90. The third kappa shape index (κ3) is 4.27.